The fourth-order valence-corrected chi connectivity index (χ4v) is 0. The maximum Gasteiger partial charge on any atom is 0 e. The largest absolute Gasteiger partial charge is 0 e. The van der Waals surface area contributed by atoms with E-state index < -0.39 is 0 Å². The average Bonchev–Trinajstić information content (AvgIpc) is 0. The first-order chi connectivity index (χ1) is 0. The van der Waals surface area contributed by atoms with E-state index in [2.05, 4.69) is 0 Å². The molecule has 13 heavy (non-hydrogen) atoms. The molecule has 0 aromatic rings. The molecular weight excluding hydrogens is 295 g/mol. The monoisotopic (exact) mass is 297 g/mol. The Labute approximate surface area is 137 Å². The maximum atomic E-state index is 0. The third kappa shape index (κ3) is 489. The molecule has 0 rings (SSSR count). The van der Waals surface area contributed by atoms with Gasteiger partial charge in [0.2, 0.25) is 0 Å². The predicted molar refractivity (Wildman–Crippen MR) is 69.0 cm³/mol. The minimum Gasteiger partial charge on any atom is 0 e. The van der Waals surface area contributed by atoms with E-state index in [1.54, 1.807) is 0 Å². The van der Waals surface area contributed by atoms with Crippen LogP contribution in [0.15, 0.2) is 0 Å². The molecule has 0 saturated heterocycles. The summed E-state index contributed by atoms with van der Waals surface area (Å²) in [6.07, 6.45) is 0. The molecule has 0 aliphatic rings. The van der Waals surface area contributed by atoms with Gasteiger partial charge in [0.1, 0.15) is 0 Å². The van der Waals surface area contributed by atoms with Gasteiger partial charge in [-0.2, -0.15) is 0 Å². The van der Waals surface area contributed by atoms with Crippen molar-refractivity contribution in [2.75, 3.05) is 0 Å². The van der Waals surface area contributed by atoms with Crippen LogP contribution >= 0.6 is 0 Å². The second-order valence-electron chi connectivity index (χ2n) is 0. The fourth-order valence-electron chi connectivity index (χ4n) is 0. The maximum absolute atomic E-state index is 0. The van der Waals surface area contributed by atoms with E-state index in [1.165, 1.54) is 0 Å². The summed E-state index contributed by atoms with van der Waals surface area (Å²) in [5.41, 5.74) is 0. The molecule has 37 radical (unpaired) electrons. The normalized spacial score (nSPS) is 0. The zero-order valence-corrected chi connectivity index (χ0v) is 9.16. The van der Waals surface area contributed by atoms with Crippen molar-refractivity contribution in [3.63, 3.8) is 0 Å². The Morgan fingerprint density at radius 1 is 0.154 bits per heavy atom. The van der Waals surface area contributed by atoms with Gasteiger partial charge in [-0.1, -0.05) is 0 Å². The van der Waals surface area contributed by atoms with Gasteiger partial charge in [0.05, 0.1) is 0 Å². The molecule has 0 unspecified atom stereocenters. The molecule has 0 bridgehead atoms. The second kappa shape index (κ2) is 574. The molecule has 0 N–H and O–H groups in total. The van der Waals surface area contributed by atoms with Gasteiger partial charge in [0.15, 0.2) is 0 Å². The minimum atomic E-state index is 0. The Kier molecular flexibility index (Phi) is 31500. The van der Waals surface area contributed by atoms with Gasteiger partial charge < -0.3 is 0 Å². The Balaban J connectivity index is 0. The molecule has 0 aromatic carbocycles. The van der Waals surface area contributed by atoms with Crippen molar-refractivity contribution >= 4 is 101 Å². The smallest absolute Gasteiger partial charge is 0 e. The van der Waals surface area contributed by atoms with Gasteiger partial charge in [-0.15, -0.1) is 0 Å². The fraction of sp³-hybridized carbons (Fsp3) is 0. The average molecular weight is 295 g/mol. The van der Waals surface area contributed by atoms with Gasteiger partial charge in [0, 0.05) is 139 Å². The summed E-state index contributed by atoms with van der Waals surface area (Å²) in [6.45, 7) is 0. The third-order valence-electron chi connectivity index (χ3n) is 0. The topological polar surface area (TPSA) is 0 Å². The summed E-state index contributed by atoms with van der Waals surface area (Å²) >= 11 is 0. The minimum absolute atomic E-state index is 0. The Hall–Kier alpha value is 2.04. The summed E-state index contributed by atoms with van der Waals surface area (Å²) in [4.78, 5) is 0. The van der Waals surface area contributed by atoms with E-state index in [4.69, 9.17) is 0 Å². The molecule has 0 saturated carbocycles. The number of rotatable bonds is 0. The van der Waals surface area contributed by atoms with Crippen molar-refractivity contribution in [2.45, 2.75) is 0 Å². The van der Waals surface area contributed by atoms with E-state index in [0.29, 0.717) is 0 Å². The van der Waals surface area contributed by atoms with Gasteiger partial charge >= 0.3 is 0 Å². The quantitative estimate of drug-likeness (QED) is 0.395. The molecule has 0 amide bonds. The molecule has 0 spiro atoms. The van der Waals surface area contributed by atoms with Crippen LogP contribution in [-0.2, 0) is 0 Å². The van der Waals surface area contributed by atoms with Crippen LogP contribution in [0.1, 0.15) is 0 Å². The van der Waals surface area contributed by atoms with Crippen molar-refractivity contribution < 1.29 is 37.7 Å². The van der Waals surface area contributed by atoms with E-state index in [-0.39, 0.29) is 139 Å². The van der Waals surface area contributed by atoms with E-state index in [0.717, 1.165) is 0 Å². The predicted octanol–water partition coefficient (Wildman–Crippen LogP) is -4.57. The third-order valence-corrected chi connectivity index (χ3v) is 0. The summed E-state index contributed by atoms with van der Waals surface area (Å²) < 4.78 is 0. The van der Waals surface area contributed by atoms with Gasteiger partial charge in [-0.3, -0.25) is 0 Å². The molecule has 0 fully saturated rings. The molecule has 0 heterocycles. The van der Waals surface area contributed by atoms with Crippen molar-refractivity contribution in [1.82, 2.24) is 0 Å². The first kappa shape index (κ1) is 713. The zero-order valence-electron chi connectivity index (χ0n) is 7.23. The van der Waals surface area contributed by atoms with Crippen LogP contribution < -0.4 is 0 Å². The van der Waals surface area contributed by atoms with Crippen LogP contribution in [0.25, 0.3) is 0 Å². The number of hydrogen-bond donors (Lipinski definition) is 0. The van der Waals surface area contributed by atoms with E-state index in [9.17, 15) is 0 Å². The van der Waals surface area contributed by atoms with Gasteiger partial charge in [-0.25, -0.2) is 0 Å². The van der Waals surface area contributed by atoms with Crippen LogP contribution in [0.2, 0.25) is 0 Å². The molecule has 0 aliphatic heterocycles. The molecule has 0 atom stereocenters. The van der Waals surface area contributed by atoms with E-state index in [1.807, 2.05) is 0 Å². The van der Waals surface area contributed by atoms with Crippen molar-refractivity contribution in [1.29, 1.82) is 0 Å². The Morgan fingerprint density at radius 2 is 0.154 bits per heavy atom. The molecule has 13 heteroatoms. The van der Waals surface area contributed by atoms with E-state index >= 15 is 0 Å². The second-order valence-corrected chi connectivity index (χ2v) is 0. The molecule has 47 valence electrons. The first-order valence-electron chi connectivity index (χ1n) is 0. The SMILES string of the molecule is [B].[B].[B].[B].[B].[B].[B].[B].[B].[B].[B].[B].[Ho]. The zero-order chi connectivity index (χ0) is 0. The number of hydrogen-bond acceptors (Lipinski definition) is 0. The Morgan fingerprint density at radius 3 is 0.154 bits per heavy atom. The van der Waals surface area contributed by atoms with Gasteiger partial charge in [0.25, 0.3) is 0 Å². The van der Waals surface area contributed by atoms with Crippen molar-refractivity contribution in [3.05, 3.63) is 0 Å². The summed E-state index contributed by atoms with van der Waals surface area (Å²) in [5.74, 6) is 0. The summed E-state index contributed by atoms with van der Waals surface area (Å²) in [7, 11) is 0. The van der Waals surface area contributed by atoms with Crippen LogP contribution in [-0.4, -0.2) is 101 Å². The standard InChI is InChI=1S/12B.Ho. The molecule has 0 nitrogen and oxygen atoms in total. The summed E-state index contributed by atoms with van der Waals surface area (Å²) in [6, 6.07) is 0. The molecule has 0 aromatic heterocycles. The molecule has 0 aliphatic carbocycles. The van der Waals surface area contributed by atoms with Crippen molar-refractivity contribution in [2.24, 2.45) is 0 Å². The van der Waals surface area contributed by atoms with Crippen LogP contribution in [0.3, 0.4) is 0 Å². The van der Waals surface area contributed by atoms with Crippen LogP contribution in [0.4, 0.5) is 0 Å². The summed E-state index contributed by atoms with van der Waals surface area (Å²) in [5, 5.41) is 0. The van der Waals surface area contributed by atoms with Crippen molar-refractivity contribution in [3.8, 4) is 0 Å². The molecular formula is B12Ho. The Bertz CT molecular complexity index is 5.09. The van der Waals surface area contributed by atoms with Gasteiger partial charge in [-0.05, 0) is 0 Å². The van der Waals surface area contributed by atoms with Crippen LogP contribution in [0.5, 0.6) is 0 Å². The first-order valence-corrected chi connectivity index (χ1v) is 0. The van der Waals surface area contributed by atoms with Crippen LogP contribution in [0, 0.1) is 37.7 Å².